The number of nitrogens with zero attached hydrogens (tertiary/aromatic N) is 1. The summed E-state index contributed by atoms with van der Waals surface area (Å²) in [5.41, 5.74) is -0.0744. The number of benzene rings is 1. The predicted octanol–water partition coefficient (Wildman–Crippen LogP) is 2.61. The molecule has 116 valence electrons. The average Bonchev–Trinajstić information content (AvgIpc) is 2.43. The minimum atomic E-state index is -0.544. The van der Waals surface area contributed by atoms with Crippen molar-refractivity contribution in [3.05, 3.63) is 33.9 Å². The maximum absolute atomic E-state index is 11.5. The molecule has 0 radical (unpaired) electrons. The molecule has 1 rings (SSSR count). The van der Waals surface area contributed by atoms with Gasteiger partial charge in [0.1, 0.15) is 5.69 Å². The topological polar surface area (TPSA) is 90.7 Å². The number of ether oxygens (including phenoxy) is 2. The van der Waals surface area contributed by atoms with Crippen molar-refractivity contribution in [1.29, 1.82) is 0 Å². The number of nitrogens with one attached hydrogen (secondary N) is 1. The highest BCUT2D eigenvalue weighted by molar-refractivity contribution is 5.91. The molecule has 1 aromatic carbocycles. The lowest BCUT2D eigenvalue weighted by Gasteiger charge is -2.25. The van der Waals surface area contributed by atoms with Gasteiger partial charge in [0.2, 0.25) is 0 Å². The van der Waals surface area contributed by atoms with Crippen LogP contribution in [0.2, 0.25) is 0 Å². The summed E-state index contributed by atoms with van der Waals surface area (Å²) in [6, 6.07) is 4.05. The largest absolute Gasteiger partial charge is 0.465 e. The second kappa shape index (κ2) is 7.03. The van der Waals surface area contributed by atoms with Crippen LogP contribution < -0.4 is 5.32 Å². The zero-order valence-corrected chi connectivity index (χ0v) is 12.6. The lowest BCUT2D eigenvalue weighted by molar-refractivity contribution is -0.384. The third-order valence-corrected chi connectivity index (χ3v) is 2.85. The molecule has 0 saturated carbocycles. The quantitative estimate of drug-likeness (QED) is 0.472. The third-order valence-electron chi connectivity index (χ3n) is 2.85. The van der Waals surface area contributed by atoms with E-state index in [4.69, 9.17) is 4.74 Å². The Balaban J connectivity index is 3.01. The summed E-state index contributed by atoms with van der Waals surface area (Å²) >= 11 is 0. The molecule has 0 aliphatic rings. The Bertz CT molecular complexity index is 528. The second-order valence-corrected chi connectivity index (χ2v) is 5.03. The standard InChI is InChI=1S/C14H20N2O5/c1-5-21-14(2,3)9-15-11-8-10(13(17)20-4)6-7-12(11)16(18)19/h6-8,15H,5,9H2,1-4H3. The highest BCUT2D eigenvalue weighted by Crippen LogP contribution is 2.26. The highest BCUT2D eigenvalue weighted by atomic mass is 16.6. The molecule has 0 unspecified atom stereocenters. The second-order valence-electron chi connectivity index (χ2n) is 5.03. The maximum Gasteiger partial charge on any atom is 0.337 e. The fraction of sp³-hybridized carbons (Fsp3) is 0.500. The number of carbonyl (C=O) groups excluding carboxylic acids is 1. The molecule has 0 aromatic heterocycles. The van der Waals surface area contributed by atoms with Crippen molar-refractivity contribution in [1.82, 2.24) is 0 Å². The number of nitro groups is 1. The van der Waals surface area contributed by atoms with Gasteiger partial charge in [0, 0.05) is 19.2 Å². The van der Waals surface area contributed by atoms with Crippen molar-refractivity contribution in [2.75, 3.05) is 25.6 Å². The van der Waals surface area contributed by atoms with Crippen molar-refractivity contribution in [3.8, 4) is 0 Å². The van der Waals surface area contributed by atoms with Gasteiger partial charge in [-0.25, -0.2) is 4.79 Å². The first-order valence-corrected chi connectivity index (χ1v) is 6.55. The van der Waals surface area contributed by atoms with Crippen LogP contribution in [0.5, 0.6) is 0 Å². The summed E-state index contributed by atoms with van der Waals surface area (Å²) in [5, 5.41) is 14.0. The van der Waals surface area contributed by atoms with Crippen molar-refractivity contribution in [2.24, 2.45) is 0 Å². The summed E-state index contributed by atoms with van der Waals surface area (Å²) < 4.78 is 10.1. The van der Waals surface area contributed by atoms with Gasteiger partial charge in [-0.2, -0.15) is 0 Å². The molecule has 7 nitrogen and oxygen atoms in total. The van der Waals surface area contributed by atoms with Gasteiger partial charge in [-0.15, -0.1) is 0 Å². The van der Waals surface area contributed by atoms with Crippen molar-refractivity contribution < 1.29 is 19.2 Å². The van der Waals surface area contributed by atoms with E-state index in [1.165, 1.54) is 25.3 Å². The molecule has 0 saturated heterocycles. The summed E-state index contributed by atoms with van der Waals surface area (Å²) in [7, 11) is 1.26. The summed E-state index contributed by atoms with van der Waals surface area (Å²) in [6.07, 6.45) is 0. The molecule has 1 aromatic rings. The van der Waals surface area contributed by atoms with Crippen molar-refractivity contribution in [2.45, 2.75) is 26.4 Å². The normalized spacial score (nSPS) is 11.0. The van der Waals surface area contributed by atoms with Crippen LogP contribution in [-0.2, 0) is 9.47 Å². The average molecular weight is 296 g/mol. The third kappa shape index (κ3) is 4.71. The molecule has 0 atom stereocenters. The van der Waals surface area contributed by atoms with Gasteiger partial charge in [-0.3, -0.25) is 10.1 Å². The van der Waals surface area contributed by atoms with Gasteiger partial charge < -0.3 is 14.8 Å². The fourth-order valence-electron chi connectivity index (χ4n) is 1.83. The monoisotopic (exact) mass is 296 g/mol. The molecule has 7 heteroatoms. The number of anilines is 1. The molecule has 21 heavy (non-hydrogen) atoms. The van der Waals surface area contributed by atoms with E-state index in [0.717, 1.165) is 0 Å². The number of hydrogen-bond donors (Lipinski definition) is 1. The predicted molar refractivity (Wildman–Crippen MR) is 78.6 cm³/mol. The van der Waals surface area contributed by atoms with Crippen LogP contribution in [-0.4, -0.2) is 36.8 Å². The molecule has 0 amide bonds. The maximum atomic E-state index is 11.5. The van der Waals surface area contributed by atoms with Gasteiger partial charge in [0.25, 0.3) is 5.69 Å². The molecule has 0 aliphatic heterocycles. The fourth-order valence-corrected chi connectivity index (χ4v) is 1.83. The number of rotatable bonds is 7. The molecule has 0 aliphatic carbocycles. The first-order chi connectivity index (χ1) is 9.80. The Morgan fingerprint density at radius 1 is 1.43 bits per heavy atom. The molecule has 1 N–H and O–H groups in total. The Morgan fingerprint density at radius 3 is 2.62 bits per heavy atom. The van der Waals surface area contributed by atoms with Gasteiger partial charge >= 0.3 is 5.97 Å². The lowest BCUT2D eigenvalue weighted by Crippen LogP contribution is -2.33. The Kier molecular flexibility index (Phi) is 5.66. The number of esters is 1. The molecule has 0 heterocycles. The highest BCUT2D eigenvalue weighted by Gasteiger charge is 2.21. The van der Waals surface area contributed by atoms with Gasteiger partial charge in [0.05, 0.1) is 23.2 Å². The van der Waals surface area contributed by atoms with E-state index in [-0.39, 0.29) is 16.9 Å². The number of carbonyl (C=O) groups is 1. The lowest BCUT2D eigenvalue weighted by atomic mass is 10.1. The zero-order chi connectivity index (χ0) is 16.0. The van der Waals surface area contributed by atoms with Crippen LogP contribution in [0.4, 0.5) is 11.4 Å². The van der Waals surface area contributed by atoms with Crippen LogP contribution in [0, 0.1) is 10.1 Å². The van der Waals surface area contributed by atoms with Crippen molar-refractivity contribution >= 4 is 17.3 Å². The van der Waals surface area contributed by atoms with Crippen molar-refractivity contribution in [3.63, 3.8) is 0 Å². The zero-order valence-electron chi connectivity index (χ0n) is 12.6. The molecular weight excluding hydrogens is 276 g/mol. The van der Waals surface area contributed by atoms with Crippen LogP contribution in [0.25, 0.3) is 0 Å². The van der Waals surface area contributed by atoms with Gasteiger partial charge in [0.15, 0.2) is 0 Å². The first-order valence-electron chi connectivity index (χ1n) is 6.55. The smallest absolute Gasteiger partial charge is 0.337 e. The Hall–Kier alpha value is -2.15. The van der Waals surface area contributed by atoms with Crippen LogP contribution in [0.1, 0.15) is 31.1 Å². The van der Waals surface area contributed by atoms with Gasteiger partial charge in [-0.1, -0.05) is 0 Å². The van der Waals surface area contributed by atoms with E-state index >= 15 is 0 Å². The van der Waals surface area contributed by atoms with Crippen LogP contribution in [0.3, 0.4) is 0 Å². The molecule has 0 bridgehead atoms. The number of methoxy groups -OCH3 is 1. The Labute approximate surface area is 123 Å². The summed E-state index contributed by atoms with van der Waals surface area (Å²) in [5.74, 6) is -0.544. The molecule has 0 fully saturated rings. The van der Waals surface area contributed by atoms with Gasteiger partial charge in [-0.05, 0) is 32.9 Å². The van der Waals surface area contributed by atoms with E-state index in [0.29, 0.717) is 13.2 Å². The minimum Gasteiger partial charge on any atom is -0.465 e. The summed E-state index contributed by atoms with van der Waals surface area (Å²) in [6.45, 7) is 6.53. The number of hydrogen-bond acceptors (Lipinski definition) is 6. The first kappa shape index (κ1) is 16.9. The molecule has 0 spiro atoms. The van der Waals surface area contributed by atoms with E-state index in [1.54, 1.807) is 0 Å². The molecular formula is C14H20N2O5. The van der Waals surface area contributed by atoms with E-state index in [2.05, 4.69) is 10.1 Å². The SMILES string of the molecule is CCOC(C)(C)CNc1cc(C(=O)OC)ccc1[N+](=O)[O-]. The van der Waals surface area contributed by atoms with Crippen LogP contribution >= 0.6 is 0 Å². The van der Waals surface area contributed by atoms with Crippen LogP contribution in [0.15, 0.2) is 18.2 Å². The van der Waals surface area contributed by atoms with E-state index in [1.807, 2.05) is 20.8 Å². The van der Waals surface area contributed by atoms with E-state index in [9.17, 15) is 14.9 Å². The minimum absolute atomic E-state index is 0.102. The van der Waals surface area contributed by atoms with E-state index < -0.39 is 16.5 Å². The Morgan fingerprint density at radius 2 is 2.10 bits per heavy atom. The summed E-state index contributed by atoms with van der Waals surface area (Å²) in [4.78, 5) is 22.0. The number of nitro benzene ring substituents is 1.